The molecule has 2 heterocycles. The fraction of sp³-hybridized carbons (Fsp3) is 0.300. The van der Waals surface area contributed by atoms with Gasteiger partial charge in [-0.3, -0.25) is 9.59 Å². The van der Waals surface area contributed by atoms with Crippen LogP contribution in [-0.2, 0) is 19.6 Å². The lowest BCUT2D eigenvalue weighted by molar-refractivity contribution is -0.136. The van der Waals surface area contributed by atoms with Crippen LogP contribution in [0.1, 0.15) is 17.9 Å². The number of nitrogens with zero attached hydrogens (tertiary/aromatic N) is 2. The number of fused-ring (bicyclic) bond motifs is 1. The zero-order chi connectivity index (χ0) is 21.5. The molecule has 1 saturated heterocycles. The van der Waals surface area contributed by atoms with Crippen LogP contribution in [0.5, 0.6) is 0 Å². The Labute approximate surface area is 182 Å². The smallest absolute Gasteiger partial charge is 0.243 e. The van der Waals surface area contributed by atoms with Crippen LogP contribution in [0.4, 0.5) is 10.1 Å². The second kappa shape index (κ2) is 8.09. The van der Waals surface area contributed by atoms with E-state index in [9.17, 15) is 22.4 Å². The highest BCUT2D eigenvalue weighted by Crippen LogP contribution is 2.34. The van der Waals surface area contributed by atoms with E-state index in [2.05, 4.69) is 21.2 Å². The molecule has 1 N–H and O–H groups in total. The summed E-state index contributed by atoms with van der Waals surface area (Å²) < 4.78 is 41.3. The Kier molecular flexibility index (Phi) is 5.65. The van der Waals surface area contributed by atoms with Crippen molar-refractivity contribution < 1.29 is 22.4 Å². The Morgan fingerprint density at radius 3 is 2.53 bits per heavy atom. The van der Waals surface area contributed by atoms with Crippen LogP contribution in [0.25, 0.3) is 0 Å². The van der Waals surface area contributed by atoms with E-state index in [-0.39, 0.29) is 49.3 Å². The quantitative estimate of drug-likeness (QED) is 0.708. The van der Waals surface area contributed by atoms with Gasteiger partial charge in [-0.05, 0) is 35.9 Å². The summed E-state index contributed by atoms with van der Waals surface area (Å²) in [6.07, 6.45) is -0.0198. The first-order valence-corrected chi connectivity index (χ1v) is 11.6. The first kappa shape index (κ1) is 21.0. The number of nitrogens with one attached hydrogen (secondary N) is 1. The molecule has 2 aromatic carbocycles. The molecule has 0 radical (unpaired) electrons. The lowest BCUT2D eigenvalue weighted by Gasteiger charge is -2.36. The summed E-state index contributed by atoms with van der Waals surface area (Å²) in [5.41, 5.74) is 0.880. The largest absolute Gasteiger partial charge is 0.340 e. The number of piperazine rings is 1. The van der Waals surface area contributed by atoms with Gasteiger partial charge in [-0.2, -0.15) is 4.31 Å². The highest BCUT2D eigenvalue weighted by molar-refractivity contribution is 9.10. The lowest BCUT2D eigenvalue weighted by Crippen LogP contribution is -2.52. The molecule has 30 heavy (non-hydrogen) atoms. The molecule has 2 aromatic rings. The second-order valence-electron chi connectivity index (χ2n) is 7.22. The molecule has 0 aromatic heterocycles. The summed E-state index contributed by atoms with van der Waals surface area (Å²) in [5, 5.41) is 2.60. The van der Waals surface area contributed by atoms with Gasteiger partial charge >= 0.3 is 0 Å². The summed E-state index contributed by atoms with van der Waals surface area (Å²) in [6, 6.07) is 10.5. The normalized spacial score (nSPS) is 19.9. The maximum absolute atomic E-state index is 13.5. The van der Waals surface area contributed by atoms with Gasteiger partial charge in [0.15, 0.2) is 0 Å². The number of anilines is 1. The molecule has 2 aliphatic rings. The Morgan fingerprint density at radius 2 is 1.83 bits per heavy atom. The van der Waals surface area contributed by atoms with Gasteiger partial charge in [0.1, 0.15) is 5.82 Å². The number of carbonyl (C=O) groups is 2. The summed E-state index contributed by atoms with van der Waals surface area (Å²) in [4.78, 5) is 26.9. The standard InChI is InChI=1S/C20H19BrFN3O4S/c21-13-2-1-3-15(10-13)30(28,29)25-8-6-24(7-9-25)20(27)17-12-19(26)23-18-11-14(22)4-5-16(17)18/h1-5,10-11,17H,6-9,12H2,(H,23,26)/t17-/m1/s1. The minimum atomic E-state index is -3.66. The predicted octanol–water partition coefficient (Wildman–Crippen LogP) is 2.55. The minimum Gasteiger partial charge on any atom is -0.340 e. The van der Waals surface area contributed by atoms with Crippen LogP contribution in [0.15, 0.2) is 51.8 Å². The van der Waals surface area contributed by atoms with Gasteiger partial charge in [-0.25, -0.2) is 12.8 Å². The van der Waals surface area contributed by atoms with E-state index in [0.717, 1.165) is 0 Å². The van der Waals surface area contributed by atoms with Crippen molar-refractivity contribution in [3.8, 4) is 0 Å². The summed E-state index contributed by atoms with van der Waals surface area (Å²) in [7, 11) is -3.66. The second-order valence-corrected chi connectivity index (χ2v) is 10.1. The van der Waals surface area contributed by atoms with Crippen LogP contribution < -0.4 is 5.32 Å². The number of benzene rings is 2. The van der Waals surface area contributed by atoms with Crippen molar-refractivity contribution in [3.63, 3.8) is 0 Å². The Morgan fingerprint density at radius 1 is 1.10 bits per heavy atom. The van der Waals surface area contributed by atoms with Gasteiger partial charge in [0, 0.05) is 42.8 Å². The van der Waals surface area contributed by atoms with Crippen LogP contribution in [0.2, 0.25) is 0 Å². The predicted molar refractivity (Wildman–Crippen MR) is 112 cm³/mol. The molecule has 0 saturated carbocycles. The van der Waals surface area contributed by atoms with Crippen LogP contribution >= 0.6 is 15.9 Å². The lowest BCUT2D eigenvalue weighted by atomic mass is 9.89. The molecule has 0 aliphatic carbocycles. The Balaban J connectivity index is 1.48. The van der Waals surface area contributed by atoms with E-state index in [4.69, 9.17) is 0 Å². The third kappa shape index (κ3) is 3.99. The molecule has 10 heteroatoms. The third-order valence-electron chi connectivity index (χ3n) is 5.34. The first-order valence-electron chi connectivity index (χ1n) is 9.39. The molecular weight excluding hydrogens is 477 g/mol. The van der Waals surface area contributed by atoms with E-state index >= 15 is 0 Å². The zero-order valence-corrected chi connectivity index (χ0v) is 18.2. The highest BCUT2D eigenvalue weighted by atomic mass is 79.9. The molecule has 0 unspecified atom stereocenters. The van der Waals surface area contributed by atoms with Crippen molar-refractivity contribution in [2.75, 3.05) is 31.5 Å². The summed E-state index contributed by atoms with van der Waals surface area (Å²) in [5.74, 6) is -1.80. The fourth-order valence-corrected chi connectivity index (χ4v) is 5.82. The van der Waals surface area contributed by atoms with Crippen molar-refractivity contribution in [2.45, 2.75) is 17.2 Å². The average molecular weight is 496 g/mol. The van der Waals surface area contributed by atoms with Gasteiger partial charge in [0.25, 0.3) is 0 Å². The van der Waals surface area contributed by atoms with Crippen molar-refractivity contribution in [1.29, 1.82) is 0 Å². The maximum Gasteiger partial charge on any atom is 0.243 e. The van der Waals surface area contributed by atoms with Crippen molar-refractivity contribution in [2.24, 2.45) is 0 Å². The van der Waals surface area contributed by atoms with Crippen LogP contribution in [0.3, 0.4) is 0 Å². The number of carbonyl (C=O) groups excluding carboxylic acids is 2. The molecular formula is C20H19BrFN3O4S. The number of hydrogen-bond donors (Lipinski definition) is 1. The average Bonchev–Trinajstić information content (AvgIpc) is 2.72. The van der Waals surface area contributed by atoms with Crippen LogP contribution in [-0.4, -0.2) is 55.6 Å². The topological polar surface area (TPSA) is 86.8 Å². The molecule has 158 valence electrons. The van der Waals surface area contributed by atoms with Gasteiger partial charge in [0.05, 0.1) is 10.8 Å². The van der Waals surface area contributed by atoms with E-state index in [1.54, 1.807) is 23.1 Å². The first-order chi connectivity index (χ1) is 14.3. The minimum absolute atomic E-state index is 0.0198. The molecule has 7 nitrogen and oxygen atoms in total. The van der Waals surface area contributed by atoms with Gasteiger partial charge in [-0.1, -0.05) is 28.1 Å². The monoisotopic (exact) mass is 495 g/mol. The number of halogens is 2. The molecule has 1 fully saturated rings. The SMILES string of the molecule is O=C1C[C@@H](C(=O)N2CCN(S(=O)(=O)c3cccc(Br)c3)CC2)c2ccc(F)cc2N1. The third-order valence-corrected chi connectivity index (χ3v) is 7.72. The maximum atomic E-state index is 13.5. The van der Waals surface area contributed by atoms with Crippen molar-refractivity contribution in [3.05, 3.63) is 58.3 Å². The van der Waals surface area contributed by atoms with E-state index in [1.807, 2.05) is 0 Å². The zero-order valence-electron chi connectivity index (χ0n) is 15.8. The van der Waals surface area contributed by atoms with Gasteiger partial charge in [-0.15, -0.1) is 0 Å². The number of rotatable bonds is 3. The van der Waals surface area contributed by atoms with Gasteiger partial charge < -0.3 is 10.2 Å². The molecule has 4 rings (SSSR count). The summed E-state index contributed by atoms with van der Waals surface area (Å²) >= 11 is 3.28. The molecule has 0 bridgehead atoms. The number of sulfonamides is 1. The van der Waals surface area contributed by atoms with E-state index < -0.39 is 21.8 Å². The van der Waals surface area contributed by atoms with Crippen LogP contribution in [0, 0.1) is 5.82 Å². The Hall–Kier alpha value is -2.30. The highest BCUT2D eigenvalue weighted by Gasteiger charge is 2.36. The number of hydrogen-bond acceptors (Lipinski definition) is 4. The molecule has 2 aliphatic heterocycles. The molecule has 1 atom stereocenters. The van der Waals surface area contributed by atoms with Crippen molar-refractivity contribution >= 4 is 43.5 Å². The molecule has 2 amide bonds. The fourth-order valence-electron chi connectivity index (χ4n) is 3.80. The van der Waals surface area contributed by atoms with Gasteiger partial charge in [0.2, 0.25) is 21.8 Å². The van der Waals surface area contributed by atoms with E-state index in [0.29, 0.717) is 15.7 Å². The summed E-state index contributed by atoms with van der Waals surface area (Å²) in [6.45, 7) is 0.771. The number of amides is 2. The Bertz CT molecular complexity index is 1120. The van der Waals surface area contributed by atoms with Crippen molar-refractivity contribution in [1.82, 2.24) is 9.21 Å². The molecule has 0 spiro atoms. The van der Waals surface area contributed by atoms with E-state index in [1.165, 1.54) is 28.6 Å².